The zero-order chi connectivity index (χ0) is 13.8. The van der Waals surface area contributed by atoms with Crippen LogP contribution >= 0.6 is 23.2 Å². The van der Waals surface area contributed by atoms with Crippen molar-refractivity contribution < 1.29 is 9.53 Å². The minimum atomic E-state index is -0.0138. The summed E-state index contributed by atoms with van der Waals surface area (Å²) in [6, 6.07) is 5.15. The SMILES string of the molecule is CC1CNCCN1C(=O)COc1ccc(Cl)c(Cl)c1. The van der Waals surface area contributed by atoms with Gasteiger partial charge in [0.25, 0.3) is 5.91 Å². The lowest BCUT2D eigenvalue weighted by molar-refractivity contribution is -0.136. The van der Waals surface area contributed by atoms with Crippen LogP contribution in [0.3, 0.4) is 0 Å². The Morgan fingerprint density at radius 3 is 2.95 bits per heavy atom. The lowest BCUT2D eigenvalue weighted by atomic mass is 10.2. The predicted molar refractivity (Wildman–Crippen MR) is 76.0 cm³/mol. The highest BCUT2D eigenvalue weighted by molar-refractivity contribution is 6.42. The van der Waals surface area contributed by atoms with Gasteiger partial charge in [0.2, 0.25) is 0 Å². The molecule has 1 heterocycles. The van der Waals surface area contributed by atoms with Crippen molar-refractivity contribution in [1.82, 2.24) is 10.2 Å². The van der Waals surface area contributed by atoms with Crippen LogP contribution in [0.25, 0.3) is 0 Å². The molecule has 0 saturated carbocycles. The number of amides is 1. The predicted octanol–water partition coefficient (Wildman–Crippen LogP) is 2.19. The van der Waals surface area contributed by atoms with Crippen LogP contribution in [0.4, 0.5) is 0 Å². The second kappa shape index (κ2) is 6.46. The molecular formula is C13H16Cl2N2O2. The van der Waals surface area contributed by atoms with Crippen LogP contribution < -0.4 is 10.1 Å². The van der Waals surface area contributed by atoms with Crippen LogP contribution in [0.5, 0.6) is 5.75 Å². The van der Waals surface area contributed by atoms with Crippen molar-refractivity contribution in [3.8, 4) is 5.75 Å². The lowest BCUT2D eigenvalue weighted by Crippen LogP contribution is -2.53. The maximum atomic E-state index is 12.0. The van der Waals surface area contributed by atoms with Crippen LogP contribution in [-0.4, -0.2) is 43.1 Å². The fourth-order valence-corrected chi connectivity index (χ4v) is 2.29. The van der Waals surface area contributed by atoms with Crippen molar-refractivity contribution in [3.63, 3.8) is 0 Å². The van der Waals surface area contributed by atoms with E-state index in [1.165, 1.54) is 0 Å². The molecule has 1 atom stereocenters. The van der Waals surface area contributed by atoms with Gasteiger partial charge in [-0.3, -0.25) is 4.79 Å². The maximum Gasteiger partial charge on any atom is 0.260 e. The fraction of sp³-hybridized carbons (Fsp3) is 0.462. The first-order chi connectivity index (χ1) is 9.08. The normalized spacial score (nSPS) is 19.3. The first kappa shape index (κ1) is 14.4. The van der Waals surface area contributed by atoms with Gasteiger partial charge < -0.3 is 15.0 Å². The van der Waals surface area contributed by atoms with Crippen molar-refractivity contribution in [2.45, 2.75) is 13.0 Å². The minimum absolute atomic E-state index is 0.0138. The van der Waals surface area contributed by atoms with Crippen molar-refractivity contribution in [3.05, 3.63) is 28.2 Å². The molecule has 0 aromatic heterocycles. The summed E-state index contributed by atoms with van der Waals surface area (Å²) in [5.74, 6) is 0.533. The third-order valence-electron chi connectivity index (χ3n) is 3.08. The molecule has 104 valence electrons. The number of carbonyl (C=O) groups excluding carboxylic acids is 1. The molecule has 19 heavy (non-hydrogen) atoms. The van der Waals surface area contributed by atoms with E-state index in [9.17, 15) is 4.79 Å². The Kier molecular flexibility index (Phi) is 4.91. The number of nitrogens with one attached hydrogen (secondary N) is 1. The van der Waals surface area contributed by atoms with Crippen LogP contribution in [0.1, 0.15) is 6.92 Å². The van der Waals surface area contributed by atoms with E-state index in [2.05, 4.69) is 5.32 Å². The molecule has 1 aliphatic rings. The summed E-state index contributed by atoms with van der Waals surface area (Å²) in [4.78, 5) is 13.9. The van der Waals surface area contributed by atoms with Crippen molar-refractivity contribution in [1.29, 1.82) is 0 Å². The Bertz CT molecular complexity index is 468. The lowest BCUT2D eigenvalue weighted by Gasteiger charge is -2.33. The highest BCUT2D eigenvalue weighted by Crippen LogP contribution is 2.26. The summed E-state index contributed by atoms with van der Waals surface area (Å²) in [5, 5.41) is 4.13. The summed E-state index contributed by atoms with van der Waals surface area (Å²) < 4.78 is 5.45. The average molecular weight is 303 g/mol. The fourth-order valence-electron chi connectivity index (χ4n) is 2.01. The zero-order valence-electron chi connectivity index (χ0n) is 10.7. The topological polar surface area (TPSA) is 41.6 Å². The van der Waals surface area contributed by atoms with E-state index in [-0.39, 0.29) is 18.6 Å². The molecule has 0 bridgehead atoms. The highest BCUT2D eigenvalue weighted by atomic mass is 35.5. The number of hydrogen-bond donors (Lipinski definition) is 1. The van der Waals surface area contributed by atoms with E-state index in [0.29, 0.717) is 22.3 Å². The van der Waals surface area contributed by atoms with Gasteiger partial charge >= 0.3 is 0 Å². The summed E-state index contributed by atoms with van der Waals surface area (Å²) in [5.41, 5.74) is 0. The Labute approximate surface area is 122 Å². The van der Waals surface area contributed by atoms with Gasteiger partial charge in [0, 0.05) is 31.7 Å². The van der Waals surface area contributed by atoms with Gasteiger partial charge in [0.05, 0.1) is 10.0 Å². The van der Waals surface area contributed by atoms with Crippen LogP contribution in [0.15, 0.2) is 18.2 Å². The zero-order valence-corrected chi connectivity index (χ0v) is 12.2. The standard InChI is InChI=1S/C13H16Cl2N2O2/c1-9-7-16-4-5-17(9)13(18)8-19-10-2-3-11(14)12(15)6-10/h2-3,6,9,16H,4-5,7-8H2,1H3. The summed E-state index contributed by atoms with van der Waals surface area (Å²) in [7, 11) is 0. The van der Waals surface area contributed by atoms with Crippen LogP contribution in [0, 0.1) is 0 Å². The number of halogens is 2. The monoisotopic (exact) mass is 302 g/mol. The Morgan fingerprint density at radius 2 is 2.26 bits per heavy atom. The van der Waals surface area contributed by atoms with Crippen LogP contribution in [-0.2, 0) is 4.79 Å². The molecule has 6 heteroatoms. The van der Waals surface area contributed by atoms with Gasteiger partial charge in [-0.05, 0) is 19.1 Å². The smallest absolute Gasteiger partial charge is 0.260 e. The van der Waals surface area contributed by atoms with E-state index < -0.39 is 0 Å². The van der Waals surface area contributed by atoms with E-state index in [4.69, 9.17) is 27.9 Å². The number of benzene rings is 1. The number of hydrogen-bond acceptors (Lipinski definition) is 3. The maximum absolute atomic E-state index is 12.0. The molecule has 2 rings (SSSR count). The number of ether oxygens (including phenoxy) is 1. The second-order valence-electron chi connectivity index (χ2n) is 4.50. The summed E-state index contributed by atoms with van der Waals surface area (Å²) in [6.07, 6.45) is 0. The molecule has 1 aromatic rings. The molecule has 1 saturated heterocycles. The van der Waals surface area contributed by atoms with Gasteiger partial charge in [0.1, 0.15) is 5.75 Å². The number of piperazine rings is 1. The quantitative estimate of drug-likeness (QED) is 0.930. The van der Waals surface area contributed by atoms with Crippen molar-refractivity contribution in [2.75, 3.05) is 26.2 Å². The highest BCUT2D eigenvalue weighted by Gasteiger charge is 2.23. The van der Waals surface area contributed by atoms with E-state index >= 15 is 0 Å². The Balaban J connectivity index is 1.90. The molecule has 1 aromatic carbocycles. The minimum Gasteiger partial charge on any atom is -0.484 e. The number of rotatable bonds is 3. The van der Waals surface area contributed by atoms with Crippen LogP contribution in [0.2, 0.25) is 10.0 Å². The molecule has 1 fully saturated rings. The van der Waals surface area contributed by atoms with Gasteiger partial charge in [-0.2, -0.15) is 0 Å². The molecule has 0 spiro atoms. The van der Waals surface area contributed by atoms with Crippen molar-refractivity contribution in [2.24, 2.45) is 0 Å². The molecule has 1 aliphatic heterocycles. The third-order valence-corrected chi connectivity index (χ3v) is 3.81. The third kappa shape index (κ3) is 3.75. The average Bonchev–Trinajstić information content (AvgIpc) is 2.40. The van der Waals surface area contributed by atoms with E-state index in [0.717, 1.165) is 13.1 Å². The van der Waals surface area contributed by atoms with Gasteiger partial charge in [-0.25, -0.2) is 0 Å². The largest absolute Gasteiger partial charge is 0.484 e. The van der Waals surface area contributed by atoms with Gasteiger partial charge in [-0.1, -0.05) is 23.2 Å². The molecule has 0 aliphatic carbocycles. The molecule has 1 amide bonds. The second-order valence-corrected chi connectivity index (χ2v) is 5.32. The summed E-state index contributed by atoms with van der Waals surface area (Å²) in [6.45, 7) is 4.39. The van der Waals surface area contributed by atoms with Gasteiger partial charge in [-0.15, -0.1) is 0 Å². The Morgan fingerprint density at radius 1 is 1.47 bits per heavy atom. The molecule has 4 nitrogen and oxygen atoms in total. The Hall–Kier alpha value is -0.970. The first-order valence-corrected chi connectivity index (χ1v) is 6.91. The molecule has 0 radical (unpaired) electrons. The van der Waals surface area contributed by atoms with Gasteiger partial charge in [0.15, 0.2) is 6.61 Å². The first-order valence-electron chi connectivity index (χ1n) is 6.16. The molecule has 1 unspecified atom stereocenters. The van der Waals surface area contributed by atoms with E-state index in [1.807, 2.05) is 11.8 Å². The molecular weight excluding hydrogens is 287 g/mol. The number of nitrogens with zero attached hydrogens (tertiary/aromatic N) is 1. The van der Waals surface area contributed by atoms with E-state index in [1.54, 1.807) is 18.2 Å². The summed E-state index contributed by atoms with van der Waals surface area (Å²) >= 11 is 11.7. The molecule has 1 N–H and O–H groups in total. The van der Waals surface area contributed by atoms with Crippen molar-refractivity contribution >= 4 is 29.1 Å². The number of carbonyl (C=O) groups is 1.